The third-order valence-electron chi connectivity index (χ3n) is 2.46. The molecule has 0 unspecified atom stereocenters. The molecule has 0 heterocycles. The van der Waals surface area contributed by atoms with Crippen LogP contribution in [0.2, 0.25) is 10.0 Å². The van der Waals surface area contributed by atoms with Crippen LogP contribution in [0, 0.1) is 5.82 Å². The number of hydrogen-bond acceptors (Lipinski definition) is 2. The maximum Gasteiger partial charge on any atom is 0.262 e. The van der Waals surface area contributed by atoms with Crippen molar-refractivity contribution in [3.63, 3.8) is 0 Å². The van der Waals surface area contributed by atoms with Crippen molar-refractivity contribution in [3.05, 3.63) is 56.7 Å². The predicted octanol–water partition coefficient (Wildman–Crippen LogP) is 4.91. The zero-order valence-corrected chi connectivity index (χ0v) is 13.6. The van der Waals surface area contributed by atoms with Crippen molar-refractivity contribution in [1.29, 1.82) is 0 Å². The molecule has 0 aliphatic carbocycles. The van der Waals surface area contributed by atoms with Crippen molar-refractivity contribution in [1.82, 2.24) is 0 Å². The van der Waals surface area contributed by atoms with Gasteiger partial charge in [-0.3, -0.25) is 4.79 Å². The summed E-state index contributed by atoms with van der Waals surface area (Å²) in [5, 5.41) is 2.87. The lowest BCUT2D eigenvalue weighted by Gasteiger charge is -2.09. The van der Waals surface area contributed by atoms with E-state index in [0.717, 1.165) is 4.47 Å². The first-order valence-corrected chi connectivity index (χ1v) is 7.33. The minimum Gasteiger partial charge on any atom is -0.482 e. The Hall–Kier alpha value is -1.30. The summed E-state index contributed by atoms with van der Waals surface area (Å²) in [4.78, 5) is 11.7. The maximum atomic E-state index is 13.0. The fourth-order valence-corrected chi connectivity index (χ4v) is 2.42. The minimum absolute atomic E-state index is 0.0651. The summed E-state index contributed by atoms with van der Waals surface area (Å²) >= 11 is 14.9. The Bertz CT molecular complexity index is 682. The summed E-state index contributed by atoms with van der Waals surface area (Å²) < 4.78 is 19.1. The van der Waals surface area contributed by atoms with Gasteiger partial charge in [0.15, 0.2) is 6.61 Å². The van der Waals surface area contributed by atoms with Crippen molar-refractivity contribution in [2.45, 2.75) is 0 Å². The molecule has 0 saturated heterocycles. The van der Waals surface area contributed by atoms with Crippen LogP contribution in [-0.4, -0.2) is 12.5 Å². The second kappa shape index (κ2) is 7.11. The van der Waals surface area contributed by atoms with Crippen LogP contribution >= 0.6 is 39.1 Å². The summed E-state index contributed by atoms with van der Waals surface area (Å²) in [5.74, 6) is -0.559. The number of ether oxygens (including phenoxy) is 1. The average Bonchev–Trinajstić information content (AvgIpc) is 2.42. The van der Waals surface area contributed by atoms with Crippen LogP contribution in [0.15, 0.2) is 40.9 Å². The zero-order chi connectivity index (χ0) is 15.4. The highest BCUT2D eigenvalue weighted by Gasteiger charge is 2.08. The maximum absolute atomic E-state index is 13.0. The average molecular weight is 393 g/mol. The van der Waals surface area contributed by atoms with Crippen LogP contribution in [0.25, 0.3) is 0 Å². The molecule has 0 spiro atoms. The second-order valence-corrected chi connectivity index (χ2v) is 5.77. The van der Waals surface area contributed by atoms with E-state index in [1.165, 1.54) is 18.2 Å². The number of benzene rings is 2. The summed E-state index contributed by atoms with van der Waals surface area (Å²) in [6, 6.07) is 8.96. The molecule has 2 aromatic rings. The molecule has 0 fully saturated rings. The normalized spacial score (nSPS) is 10.3. The van der Waals surface area contributed by atoms with E-state index >= 15 is 0 Å². The first-order valence-electron chi connectivity index (χ1n) is 5.78. The van der Waals surface area contributed by atoms with Gasteiger partial charge in [0.1, 0.15) is 11.6 Å². The largest absolute Gasteiger partial charge is 0.482 e. The summed E-state index contributed by atoms with van der Waals surface area (Å²) in [7, 11) is 0. The SMILES string of the molecule is O=C(COc1ccc(Br)cc1Cl)Nc1ccc(F)c(Cl)c1. The number of anilines is 1. The summed E-state index contributed by atoms with van der Waals surface area (Å²) in [6.45, 7) is -0.226. The molecule has 110 valence electrons. The highest BCUT2D eigenvalue weighted by Crippen LogP contribution is 2.27. The monoisotopic (exact) mass is 391 g/mol. The van der Waals surface area contributed by atoms with Crippen LogP contribution in [0.5, 0.6) is 5.75 Å². The summed E-state index contributed by atoms with van der Waals surface area (Å²) in [5.41, 5.74) is 0.386. The van der Waals surface area contributed by atoms with Gasteiger partial charge in [-0.15, -0.1) is 0 Å². The molecule has 0 aromatic heterocycles. The fraction of sp³-hybridized carbons (Fsp3) is 0.0714. The van der Waals surface area contributed by atoms with Crippen molar-refractivity contribution < 1.29 is 13.9 Å². The van der Waals surface area contributed by atoms with E-state index in [-0.39, 0.29) is 11.6 Å². The van der Waals surface area contributed by atoms with Crippen LogP contribution in [0.3, 0.4) is 0 Å². The number of carbonyl (C=O) groups is 1. The first kappa shape index (κ1) is 16.1. The van der Waals surface area contributed by atoms with E-state index in [0.29, 0.717) is 16.5 Å². The van der Waals surface area contributed by atoms with Gasteiger partial charge >= 0.3 is 0 Å². The van der Waals surface area contributed by atoms with Crippen LogP contribution in [0.4, 0.5) is 10.1 Å². The molecule has 0 radical (unpaired) electrons. The van der Waals surface area contributed by atoms with E-state index in [2.05, 4.69) is 21.2 Å². The molecular formula is C14H9BrCl2FNO2. The Morgan fingerprint density at radius 1 is 1.19 bits per heavy atom. The molecule has 0 atom stereocenters. The topological polar surface area (TPSA) is 38.3 Å². The number of rotatable bonds is 4. The Kier molecular flexibility index (Phi) is 5.45. The first-order chi connectivity index (χ1) is 9.95. The highest BCUT2D eigenvalue weighted by molar-refractivity contribution is 9.10. The van der Waals surface area contributed by atoms with Crippen LogP contribution in [-0.2, 0) is 4.79 Å². The molecule has 1 amide bonds. The number of hydrogen-bond donors (Lipinski definition) is 1. The number of nitrogens with one attached hydrogen (secondary N) is 1. The Labute approximate surface area is 139 Å². The molecule has 21 heavy (non-hydrogen) atoms. The van der Waals surface area contributed by atoms with Crippen molar-refractivity contribution in [2.24, 2.45) is 0 Å². The third-order valence-corrected chi connectivity index (χ3v) is 3.53. The molecule has 0 aliphatic rings. The van der Waals surface area contributed by atoms with Crippen molar-refractivity contribution >= 4 is 50.7 Å². The number of carbonyl (C=O) groups excluding carboxylic acids is 1. The standard InChI is InChI=1S/C14H9BrCl2FNO2/c15-8-1-4-13(11(17)5-8)21-7-14(20)19-9-2-3-12(18)10(16)6-9/h1-6H,7H2,(H,19,20). The van der Waals surface area contributed by atoms with Crippen molar-refractivity contribution in [2.75, 3.05) is 11.9 Å². The van der Waals surface area contributed by atoms with Gasteiger partial charge in [-0.05, 0) is 36.4 Å². The molecule has 0 aliphatic heterocycles. The van der Waals surface area contributed by atoms with Gasteiger partial charge in [-0.1, -0.05) is 39.1 Å². The van der Waals surface area contributed by atoms with E-state index in [1.54, 1.807) is 18.2 Å². The Balaban J connectivity index is 1.94. The molecule has 7 heteroatoms. The molecular weight excluding hydrogens is 384 g/mol. The van der Waals surface area contributed by atoms with E-state index in [9.17, 15) is 9.18 Å². The fourth-order valence-electron chi connectivity index (χ4n) is 1.51. The molecule has 3 nitrogen and oxygen atoms in total. The molecule has 2 aromatic carbocycles. The molecule has 2 rings (SSSR count). The lowest BCUT2D eigenvalue weighted by molar-refractivity contribution is -0.118. The zero-order valence-electron chi connectivity index (χ0n) is 10.5. The predicted molar refractivity (Wildman–Crippen MR) is 84.7 cm³/mol. The number of halogens is 4. The highest BCUT2D eigenvalue weighted by atomic mass is 79.9. The summed E-state index contributed by atoms with van der Waals surface area (Å²) in [6.07, 6.45) is 0. The smallest absolute Gasteiger partial charge is 0.262 e. The van der Waals surface area contributed by atoms with Crippen molar-refractivity contribution in [3.8, 4) is 5.75 Å². The van der Waals surface area contributed by atoms with Gasteiger partial charge in [0.25, 0.3) is 5.91 Å². The van der Waals surface area contributed by atoms with Crippen LogP contribution < -0.4 is 10.1 Å². The Morgan fingerprint density at radius 2 is 1.95 bits per heavy atom. The van der Waals surface area contributed by atoms with Crippen LogP contribution in [0.1, 0.15) is 0 Å². The Morgan fingerprint density at radius 3 is 2.62 bits per heavy atom. The van der Waals surface area contributed by atoms with Gasteiger partial charge < -0.3 is 10.1 Å². The quantitative estimate of drug-likeness (QED) is 0.802. The minimum atomic E-state index is -0.549. The van der Waals surface area contributed by atoms with E-state index in [4.69, 9.17) is 27.9 Å². The van der Waals surface area contributed by atoms with Gasteiger partial charge in [0, 0.05) is 10.2 Å². The second-order valence-electron chi connectivity index (χ2n) is 4.04. The van der Waals surface area contributed by atoms with Gasteiger partial charge in [0.2, 0.25) is 0 Å². The third kappa shape index (κ3) is 4.59. The van der Waals surface area contributed by atoms with Gasteiger partial charge in [-0.2, -0.15) is 0 Å². The number of amides is 1. The molecule has 1 N–H and O–H groups in total. The van der Waals surface area contributed by atoms with E-state index in [1.807, 2.05) is 0 Å². The van der Waals surface area contributed by atoms with Gasteiger partial charge in [-0.25, -0.2) is 4.39 Å². The van der Waals surface area contributed by atoms with E-state index < -0.39 is 11.7 Å². The lowest BCUT2D eigenvalue weighted by atomic mass is 10.3. The lowest BCUT2D eigenvalue weighted by Crippen LogP contribution is -2.20. The molecule has 0 saturated carbocycles. The van der Waals surface area contributed by atoms with Gasteiger partial charge in [0.05, 0.1) is 10.0 Å². The molecule has 0 bridgehead atoms.